The summed E-state index contributed by atoms with van der Waals surface area (Å²) >= 11 is 0. The molecule has 0 bridgehead atoms. The minimum atomic E-state index is 0. The predicted octanol–water partition coefficient (Wildman–Crippen LogP) is 1.30. The van der Waals surface area contributed by atoms with Gasteiger partial charge in [-0.05, 0) is 27.3 Å². The van der Waals surface area contributed by atoms with Gasteiger partial charge in [0.15, 0.2) is 11.8 Å². The van der Waals surface area contributed by atoms with Crippen molar-refractivity contribution in [3.05, 3.63) is 11.6 Å². The molecule has 2 atom stereocenters. The van der Waals surface area contributed by atoms with Crippen LogP contribution in [0.1, 0.15) is 38.3 Å². The van der Waals surface area contributed by atoms with Gasteiger partial charge in [-0.1, -0.05) is 13.3 Å². The Morgan fingerprint density at radius 3 is 2.77 bits per heavy atom. The summed E-state index contributed by atoms with van der Waals surface area (Å²) in [4.78, 5) is 7.00. The third kappa shape index (κ3) is 6.99. The molecule has 2 heterocycles. The number of nitrogens with one attached hydrogen (secondary N) is 2. The van der Waals surface area contributed by atoms with Gasteiger partial charge < -0.3 is 24.8 Å². The lowest BCUT2D eigenvalue weighted by molar-refractivity contribution is -0.0324. The van der Waals surface area contributed by atoms with E-state index in [4.69, 9.17) is 9.73 Å². The number of guanidine groups is 1. The van der Waals surface area contributed by atoms with E-state index in [2.05, 4.69) is 46.6 Å². The number of hydrogen-bond acceptors (Lipinski definition) is 5. The molecule has 1 fully saturated rings. The van der Waals surface area contributed by atoms with Crippen molar-refractivity contribution in [3.8, 4) is 0 Å². The van der Waals surface area contributed by atoms with Gasteiger partial charge in [-0.2, -0.15) is 0 Å². The van der Waals surface area contributed by atoms with Gasteiger partial charge in [0, 0.05) is 26.7 Å². The van der Waals surface area contributed by atoms with Crippen LogP contribution in [0.3, 0.4) is 0 Å². The Balaban J connectivity index is 0.00000338. The van der Waals surface area contributed by atoms with E-state index in [9.17, 15) is 0 Å². The summed E-state index contributed by atoms with van der Waals surface area (Å²) in [7, 11) is 4.10. The molecule has 150 valence electrons. The fraction of sp³-hybridized carbons (Fsp3) is 0.824. The van der Waals surface area contributed by atoms with E-state index in [-0.39, 0.29) is 36.1 Å². The molecule has 1 aliphatic rings. The Bertz CT molecular complexity index is 563. The van der Waals surface area contributed by atoms with Gasteiger partial charge in [0.1, 0.15) is 12.4 Å². The third-order valence-corrected chi connectivity index (χ3v) is 4.60. The molecule has 8 nitrogen and oxygen atoms in total. The number of aliphatic imine (C=N–C) groups is 1. The van der Waals surface area contributed by atoms with Crippen molar-refractivity contribution in [2.45, 2.75) is 52.3 Å². The summed E-state index contributed by atoms with van der Waals surface area (Å²) in [6.07, 6.45) is 2.42. The molecule has 1 aliphatic heterocycles. The average molecular weight is 479 g/mol. The molecule has 1 saturated heterocycles. The van der Waals surface area contributed by atoms with Crippen LogP contribution in [-0.4, -0.2) is 71.1 Å². The third-order valence-electron chi connectivity index (χ3n) is 4.60. The summed E-state index contributed by atoms with van der Waals surface area (Å²) < 4.78 is 7.88. The van der Waals surface area contributed by atoms with Gasteiger partial charge in [-0.3, -0.25) is 0 Å². The van der Waals surface area contributed by atoms with Crippen molar-refractivity contribution in [1.82, 2.24) is 30.3 Å². The first-order chi connectivity index (χ1) is 12.0. The number of hydrogen-bond donors (Lipinski definition) is 2. The fourth-order valence-electron chi connectivity index (χ4n) is 2.70. The molecule has 0 amide bonds. The summed E-state index contributed by atoms with van der Waals surface area (Å²) in [5.41, 5.74) is 0. The second kappa shape index (κ2) is 11.7. The van der Waals surface area contributed by atoms with Crippen molar-refractivity contribution < 1.29 is 4.74 Å². The minimum Gasteiger partial charge on any atom is -0.373 e. The number of ether oxygens (including phenoxy) is 1. The van der Waals surface area contributed by atoms with Crippen molar-refractivity contribution in [1.29, 1.82) is 0 Å². The Morgan fingerprint density at radius 2 is 2.15 bits per heavy atom. The number of halogens is 1. The standard InChI is InChI=1S/C17H33N7O.HI/c1-6-7-8-18-17(19-11-16-22-21-14(3)24(16)5)20-13(2)15-12-23(4)9-10-25-15;/h13,15H,6-12H2,1-5H3,(H2,18,19,20);1H. The molecule has 2 rings (SSSR count). The number of unbranched alkanes of at least 4 members (excludes halogenated alkanes) is 1. The zero-order chi connectivity index (χ0) is 18.2. The maximum atomic E-state index is 5.91. The van der Waals surface area contributed by atoms with Crippen LogP contribution >= 0.6 is 24.0 Å². The molecule has 2 N–H and O–H groups in total. The lowest BCUT2D eigenvalue weighted by Gasteiger charge is -2.34. The molecule has 2 unspecified atom stereocenters. The summed E-state index contributed by atoms with van der Waals surface area (Å²) in [6.45, 7) is 10.4. The molecular weight excluding hydrogens is 445 g/mol. The van der Waals surface area contributed by atoms with Crippen molar-refractivity contribution in [3.63, 3.8) is 0 Å². The second-order valence-corrected chi connectivity index (χ2v) is 6.77. The van der Waals surface area contributed by atoms with Crippen LogP contribution < -0.4 is 10.6 Å². The maximum absolute atomic E-state index is 5.91. The predicted molar refractivity (Wildman–Crippen MR) is 115 cm³/mol. The highest BCUT2D eigenvalue weighted by Gasteiger charge is 2.24. The second-order valence-electron chi connectivity index (χ2n) is 6.77. The van der Waals surface area contributed by atoms with Gasteiger partial charge in [-0.15, -0.1) is 34.2 Å². The maximum Gasteiger partial charge on any atom is 0.192 e. The molecule has 9 heteroatoms. The first-order valence-corrected chi connectivity index (χ1v) is 9.21. The molecule has 0 spiro atoms. The average Bonchev–Trinajstić information content (AvgIpc) is 2.91. The monoisotopic (exact) mass is 479 g/mol. The molecular formula is C17H34IN7O. The SMILES string of the molecule is CCCCNC(=NCc1nnc(C)n1C)NC(C)C1CN(C)CCO1.I. The van der Waals surface area contributed by atoms with E-state index >= 15 is 0 Å². The molecule has 1 aromatic heterocycles. The zero-order valence-corrected chi connectivity index (χ0v) is 19.0. The van der Waals surface area contributed by atoms with Crippen LogP contribution in [0.25, 0.3) is 0 Å². The van der Waals surface area contributed by atoms with E-state index < -0.39 is 0 Å². The molecule has 0 aliphatic carbocycles. The van der Waals surface area contributed by atoms with Crippen LogP contribution in [0.2, 0.25) is 0 Å². The van der Waals surface area contributed by atoms with E-state index in [1.165, 1.54) is 0 Å². The number of aryl methyl sites for hydroxylation is 1. The van der Waals surface area contributed by atoms with E-state index in [1.807, 2.05) is 18.5 Å². The number of likely N-dealkylation sites (N-methyl/N-ethyl adjacent to an activating group) is 1. The molecule has 0 radical (unpaired) electrons. The van der Waals surface area contributed by atoms with Crippen LogP contribution in [0, 0.1) is 6.92 Å². The Morgan fingerprint density at radius 1 is 1.38 bits per heavy atom. The highest BCUT2D eigenvalue weighted by Crippen LogP contribution is 2.07. The largest absolute Gasteiger partial charge is 0.373 e. The summed E-state index contributed by atoms with van der Waals surface area (Å²) in [5.74, 6) is 2.56. The topological polar surface area (TPSA) is 79.6 Å². The zero-order valence-electron chi connectivity index (χ0n) is 16.7. The first kappa shape index (κ1) is 23.1. The van der Waals surface area contributed by atoms with Gasteiger partial charge in [0.25, 0.3) is 0 Å². The van der Waals surface area contributed by atoms with Crippen LogP contribution in [0.15, 0.2) is 4.99 Å². The quantitative estimate of drug-likeness (QED) is 0.266. The number of aromatic nitrogens is 3. The van der Waals surface area contributed by atoms with E-state index in [0.717, 1.165) is 56.7 Å². The van der Waals surface area contributed by atoms with E-state index in [0.29, 0.717) is 6.54 Å². The lowest BCUT2D eigenvalue weighted by Crippen LogP contribution is -2.53. The van der Waals surface area contributed by atoms with Crippen molar-refractivity contribution >= 4 is 29.9 Å². The Hall–Kier alpha value is -0.940. The number of nitrogens with zero attached hydrogens (tertiary/aromatic N) is 5. The Kier molecular flexibility index (Phi) is 10.4. The van der Waals surface area contributed by atoms with Gasteiger partial charge in [0.05, 0.1) is 18.8 Å². The van der Waals surface area contributed by atoms with Crippen LogP contribution in [0.4, 0.5) is 0 Å². The molecule has 0 aromatic carbocycles. The summed E-state index contributed by atoms with van der Waals surface area (Å²) in [6, 6.07) is 0.178. The molecule has 26 heavy (non-hydrogen) atoms. The van der Waals surface area contributed by atoms with E-state index in [1.54, 1.807) is 0 Å². The molecule has 0 saturated carbocycles. The number of rotatable bonds is 7. The highest BCUT2D eigenvalue weighted by molar-refractivity contribution is 14.0. The van der Waals surface area contributed by atoms with Crippen LogP contribution in [0.5, 0.6) is 0 Å². The van der Waals surface area contributed by atoms with Gasteiger partial charge in [0.2, 0.25) is 0 Å². The number of morpholine rings is 1. The molecule has 1 aromatic rings. The smallest absolute Gasteiger partial charge is 0.192 e. The normalized spacial score (nSPS) is 19.7. The highest BCUT2D eigenvalue weighted by atomic mass is 127. The van der Waals surface area contributed by atoms with Gasteiger partial charge >= 0.3 is 0 Å². The summed E-state index contributed by atoms with van der Waals surface area (Å²) in [5, 5.41) is 15.2. The van der Waals surface area contributed by atoms with Crippen LogP contribution in [-0.2, 0) is 18.3 Å². The van der Waals surface area contributed by atoms with Gasteiger partial charge in [-0.25, -0.2) is 4.99 Å². The van der Waals surface area contributed by atoms with Crippen molar-refractivity contribution in [2.75, 3.05) is 33.3 Å². The van der Waals surface area contributed by atoms with Crippen molar-refractivity contribution in [2.24, 2.45) is 12.0 Å². The first-order valence-electron chi connectivity index (χ1n) is 9.21. The minimum absolute atomic E-state index is 0. The Labute approximate surface area is 174 Å². The lowest BCUT2D eigenvalue weighted by atomic mass is 10.1. The fourth-order valence-corrected chi connectivity index (χ4v) is 2.70.